The van der Waals surface area contributed by atoms with Gasteiger partial charge in [0.25, 0.3) is 0 Å². The van der Waals surface area contributed by atoms with E-state index in [1.807, 2.05) is 0 Å². The number of carbonyl (C=O) groups excluding carboxylic acids is 5. The van der Waals surface area contributed by atoms with Gasteiger partial charge in [-0.1, -0.05) is 78.6 Å². The summed E-state index contributed by atoms with van der Waals surface area (Å²) in [7, 11) is 0. The minimum Gasteiger partial charge on any atom is -0.872 e. The zero-order valence-electron chi connectivity index (χ0n) is 19.1. The van der Waals surface area contributed by atoms with E-state index >= 15 is 0 Å². The van der Waals surface area contributed by atoms with Crippen LogP contribution < -0.4 is 5.11 Å². The van der Waals surface area contributed by atoms with Gasteiger partial charge in [0.1, 0.15) is 0 Å². The van der Waals surface area contributed by atoms with Crippen molar-refractivity contribution in [3.63, 3.8) is 0 Å². The van der Waals surface area contributed by atoms with Crippen molar-refractivity contribution < 1.29 is 29.1 Å². The maximum absolute atomic E-state index is 13.0. The maximum atomic E-state index is 13.0. The van der Waals surface area contributed by atoms with Gasteiger partial charge in [0.2, 0.25) is 0 Å². The molecular weight excluding hydrogens is 468 g/mol. The lowest BCUT2D eigenvalue weighted by molar-refractivity contribution is -0.244. The predicted octanol–water partition coefficient (Wildman–Crippen LogP) is 3.89. The van der Waals surface area contributed by atoms with Gasteiger partial charge < -0.3 is 5.11 Å². The molecule has 0 fully saturated rings. The van der Waals surface area contributed by atoms with Crippen molar-refractivity contribution in [1.29, 1.82) is 0 Å². The standard InChI is InChI=1S/C31H16O6/c32-26-17-7-1-2-8-18(17)27(33)23(26)13-16(14-24-28(34)19-9-3-4-10-20(19)29(24)35)15-25-30(36)21-11-5-6-12-22(21)31(25)37/h1-15,32H/p-1. The van der Waals surface area contributed by atoms with Crippen LogP contribution in [-0.2, 0) is 0 Å². The first kappa shape index (κ1) is 22.2. The molecule has 3 aromatic carbocycles. The Hall–Kier alpha value is -5.23. The molecule has 0 aromatic heterocycles. The van der Waals surface area contributed by atoms with E-state index in [4.69, 9.17) is 0 Å². The Morgan fingerprint density at radius 3 is 1.16 bits per heavy atom. The average Bonchev–Trinajstić information content (AvgIpc) is 3.42. The predicted molar refractivity (Wildman–Crippen MR) is 132 cm³/mol. The fourth-order valence-electron chi connectivity index (χ4n) is 4.84. The van der Waals surface area contributed by atoms with Crippen molar-refractivity contribution in [2.75, 3.05) is 0 Å². The fourth-order valence-corrected chi connectivity index (χ4v) is 4.84. The normalized spacial score (nSPS) is 15.7. The largest absolute Gasteiger partial charge is 0.872 e. The van der Waals surface area contributed by atoms with Crippen LogP contribution in [0.2, 0.25) is 0 Å². The second-order valence-electron chi connectivity index (χ2n) is 8.79. The molecule has 0 saturated carbocycles. The summed E-state index contributed by atoms with van der Waals surface area (Å²) in [5.74, 6) is -3.11. The third-order valence-electron chi connectivity index (χ3n) is 6.65. The highest BCUT2D eigenvalue weighted by atomic mass is 16.3. The molecule has 176 valence electrons. The molecule has 6 heteroatoms. The van der Waals surface area contributed by atoms with Crippen molar-refractivity contribution in [1.82, 2.24) is 0 Å². The number of benzene rings is 3. The van der Waals surface area contributed by atoms with E-state index in [0.29, 0.717) is 0 Å². The molecule has 37 heavy (non-hydrogen) atoms. The van der Waals surface area contributed by atoms with Gasteiger partial charge in [-0.3, -0.25) is 24.0 Å². The molecule has 0 amide bonds. The fraction of sp³-hybridized carbons (Fsp3) is 0. The summed E-state index contributed by atoms with van der Waals surface area (Å²) in [6, 6.07) is 19.1. The van der Waals surface area contributed by atoms with Crippen LogP contribution in [0.5, 0.6) is 0 Å². The monoisotopic (exact) mass is 483 g/mol. The molecule has 0 heterocycles. The van der Waals surface area contributed by atoms with Crippen molar-refractivity contribution in [2.24, 2.45) is 0 Å². The molecule has 0 atom stereocenters. The number of hydrogen-bond acceptors (Lipinski definition) is 6. The minimum absolute atomic E-state index is 0.0403. The first-order valence-electron chi connectivity index (χ1n) is 11.4. The van der Waals surface area contributed by atoms with E-state index in [1.165, 1.54) is 54.6 Å². The molecule has 0 bridgehead atoms. The summed E-state index contributed by atoms with van der Waals surface area (Å²) in [5.41, 5.74) is 0.899. The van der Waals surface area contributed by atoms with Crippen molar-refractivity contribution in [3.05, 3.63) is 147 Å². The minimum atomic E-state index is -0.519. The summed E-state index contributed by atoms with van der Waals surface area (Å²) in [6.45, 7) is 0. The Morgan fingerprint density at radius 1 is 0.486 bits per heavy atom. The molecule has 3 aliphatic carbocycles. The summed E-state index contributed by atoms with van der Waals surface area (Å²) >= 11 is 0. The summed E-state index contributed by atoms with van der Waals surface area (Å²) < 4.78 is 0. The first-order chi connectivity index (χ1) is 17.9. The number of ketones is 5. The lowest BCUT2D eigenvalue weighted by Gasteiger charge is -2.09. The van der Waals surface area contributed by atoms with Crippen LogP contribution in [0.1, 0.15) is 57.4 Å². The van der Waals surface area contributed by atoms with Crippen molar-refractivity contribution in [3.8, 4) is 0 Å². The Balaban J connectivity index is 1.53. The molecule has 0 radical (unpaired) electrons. The average molecular weight is 483 g/mol. The number of fused-ring (bicyclic) bond motifs is 3. The summed E-state index contributed by atoms with van der Waals surface area (Å²) in [6.07, 6.45) is 3.70. The van der Waals surface area contributed by atoms with Crippen LogP contribution in [0.15, 0.2) is 113 Å². The molecule has 6 rings (SSSR count). The van der Waals surface area contributed by atoms with Crippen LogP contribution in [0.3, 0.4) is 0 Å². The molecule has 0 N–H and O–H groups in total. The molecule has 0 unspecified atom stereocenters. The van der Waals surface area contributed by atoms with Gasteiger partial charge in [0.05, 0.1) is 11.1 Å². The lowest BCUT2D eigenvalue weighted by Crippen LogP contribution is -2.06. The molecular formula is C31H15O6-. The van der Waals surface area contributed by atoms with Crippen LogP contribution >= 0.6 is 0 Å². The Morgan fingerprint density at radius 2 is 0.811 bits per heavy atom. The zero-order chi connectivity index (χ0) is 25.8. The van der Waals surface area contributed by atoms with E-state index < -0.39 is 34.7 Å². The van der Waals surface area contributed by atoms with Gasteiger partial charge in [-0.25, -0.2) is 0 Å². The van der Waals surface area contributed by atoms with Gasteiger partial charge in [-0.05, 0) is 29.4 Å². The van der Waals surface area contributed by atoms with Crippen LogP contribution in [0.25, 0.3) is 5.76 Å². The zero-order valence-corrected chi connectivity index (χ0v) is 19.1. The second-order valence-corrected chi connectivity index (χ2v) is 8.79. The van der Waals surface area contributed by atoms with Crippen molar-refractivity contribution in [2.45, 2.75) is 0 Å². The second kappa shape index (κ2) is 8.17. The number of carbonyl (C=O) groups is 5. The molecule has 3 aromatic rings. The lowest BCUT2D eigenvalue weighted by atomic mass is 9.99. The molecule has 3 aliphatic rings. The van der Waals surface area contributed by atoms with Gasteiger partial charge >= 0.3 is 0 Å². The third kappa shape index (κ3) is 3.31. The number of hydrogen-bond donors (Lipinski definition) is 0. The van der Waals surface area contributed by atoms with E-state index in [-0.39, 0.29) is 55.7 Å². The quantitative estimate of drug-likeness (QED) is 0.413. The van der Waals surface area contributed by atoms with E-state index in [2.05, 4.69) is 0 Å². The number of rotatable bonds is 3. The molecule has 6 nitrogen and oxygen atoms in total. The third-order valence-corrected chi connectivity index (χ3v) is 6.65. The van der Waals surface area contributed by atoms with Crippen LogP contribution in [0, 0.1) is 0 Å². The Bertz CT molecular complexity index is 1600. The van der Waals surface area contributed by atoms with Crippen LogP contribution in [-0.4, -0.2) is 28.9 Å². The first-order valence-corrected chi connectivity index (χ1v) is 11.4. The topological polar surface area (TPSA) is 108 Å². The number of Topliss-reactive ketones (excluding diaryl/α,β-unsaturated/α-hetero) is 5. The highest BCUT2D eigenvalue weighted by molar-refractivity contribution is 6.41. The van der Waals surface area contributed by atoms with Gasteiger partial charge in [-0.15, -0.1) is 0 Å². The van der Waals surface area contributed by atoms with E-state index in [0.717, 1.165) is 0 Å². The summed E-state index contributed by atoms with van der Waals surface area (Å²) in [4.78, 5) is 65.1. The van der Waals surface area contributed by atoms with Gasteiger partial charge in [0.15, 0.2) is 28.9 Å². The molecule has 0 saturated heterocycles. The van der Waals surface area contributed by atoms with Crippen LogP contribution in [0.4, 0.5) is 0 Å². The highest BCUT2D eigenvalue weighted by Gasteiger charge is 2.35. The smallest absolute Gasteiger partial charge is 0.197 e. The number of allylic oxidation sites excluding steroid dienone is 7. The van der Waals surface area contributed by atoms with E-state index in [1.54, 1.807) is 36.4 Å². The molecule has 0 aliphatic heterocycles. The van der Waals surface area contributed by atoms with Gasteiger partial charge in [-0.2, -0.15) is 0 Å². The van der Waals surface area contributed by atoms with Gasteiger partial charge in [0, 0.05) is 33.4 Å². The SMILES string of the molecule is O=C1C(=CC(=CC2=C([O-])c3ccccc3C2=O)C=C2C(=O)c3ccccc3C2=O)C(=O)c2ccccc21. The maximum Gasteiger partial charge on any atom is 0.197 e. The van der Waals surface area contributed by atoms with Crippen molar-refractivity contribution >= 4 is 34.7 Å². The highest BCUT2D eigenvalue weighted by Crippen LogP contribution is 2.34. The Kier molecular flexibility index (Phi) is 4.91. The molecule has 0 spiro atoms. The Labute approximate surface area is 210 Å². The van der Waals surface area contributed by atoms with E-state index in [9.17, 15) is 29.1 Å². The summed E-state index contributed by atoms with van der Waals surface area (Å²) in [5, 5.41) is 13.0.